The molecule has 16 heavy (non-hydrogen) atoms. The summed E-state index contributed by atoms with van der Waals surface area (Å²) in [6, 6.07) is 0. The first-order valence-electron chi connectivity index (χ1n) is 5.28. The average molecular weight is 224 g/mol. The van der Waals surface area contributed by atoms with Crippen molar-refractivity contribution in [2.24, 2.45) is 0 Å². The van der Waals surface area contributed by atoms with E-state index in [4.69, 9.17) is 15.6 Å². The zero-order valence-corrected chi connectivity index (χ0v) is 9.21. The third-order valence-corrected chi connectivity index (χ3v) is 2.51. The van der Waals surface area contributed by atoms with Crippen LogP contribution in [0.25, 0.3) is 0 Å². The van der Waals surface area contributed by atoms with Gasteiger partial charge < -0.3 is 20.5 Å². The fourth-order valence-corrected chi connectivity index (χ4v) is 1.83. The van der Waals surface area contributed by atoms with Gasteiger partial charge in [-0.05, 0) is 6.92 Å². The molecule has 1 aromatic heterocycles. The van der Waals surface area contributed by atoms with Crippen molar-refractivity contribution in [2.75, 3.05) is 30.3 Å². The number of aliphatic hydroxyl groups is 1. The first kappa shape index (κ1) is 11.1. The van der Waals surface area contributed by atoms with Crippen molar-refractivity contribution in [1.29, 1.82) is 0 Å². The average Bonchev–Trinajstić information content (AvgIpc) is 2.29. The Kier molecular flexibility index (Phi) is 3.21. The van der Waals surface area contributed by atoms with Gasteiger partial charge in [-0.2, -0.15) is 0 Å². The van der Waals surface area contributed by atoms with Gasteiger partial charge >= 0.3 is 0 Å². The Morgan fingerprint density at radius 3 is 2.94 bits per heavy atom. The molecule has 2 atom stereocenters. The lowest BCUT2D eigenvalue weighted by Gasteiger charge is -2.36. The largest absolute Gasteiger partial charge is 0.394 e. The fourth-order valence-electron chi connectivity index (χ4n) is 1.83. The lowest BCUT2D eigenvalue weighted by atomic mass is 10.2. The highest BCUT2D eigenvalue weighted by atomic mass is 16.5. The van der Waals surface area contributed by atoms with Gasteiger partial charge in [0.1, 0.15) is 11.6 Å². The number of nitrogens with zero attached hydrogens (tertiary/aromatic N) is 3. The molecule has 0 spiro atoms. The molecule has 0 aromatic carbocycles. The topological polar surface area (TPSA) is 84.5 Å². The van der Waals surface area contributed by atoms with Crippen LogP contribution in [-0.2, 0) is 4.74 Å². The molecule has 0 saturated carbocycles. The van der Waals surface area contributed by atoms with Crippen LogP contribution < -0.4 is 10.6 Å². The molecule has 1 saturated heterocycles. The predicted molar refractivity (Wildman–Crippen MR) is 60.1 cm³/mol. The van der Waals surface area contributed by atoms with Crippen LogP contribution in [0.5, 0.6) is 0 Å². The number of aliphatic hydroxyl groups excluding tert-OH is 1. The highest BCUT2D eigenvalue weighted by Crippen LogP contribution is 2.17. The zero-order chi connectivity index (χ0) is 11.5. The number of anilines is 2. The van der Waals surface area contributed by atoms with E-state index in [1.165, 1.54) is 6.20 Å². The van der Waals surface area contributed by atoms with E-state index in [0.717, 1.165) is 12.4 Å². The van der Waals surface area contributed by atoms with E-state index in [-0.39, 0.29) is 18.8 Å². The summed E-state index contributed by atoms with van der Waals surface area (Å²) in [4.78, 5) is 10.3. The molecular weight excluding hydrogens is 208 g/mol. The molecule has 6 heteroatoms. The summed E-state index contributed by atoms with van der Waals surface area (Å²) in [5.74, 6) is 1.17. The lowest BCUT2D eigenvalue weighted by molar-refractivity contribution is -0.0423. The molecule has 88 valence electrons. The van der Waals surface area contributed by atoms with Crippen LogP contribution >= 0.6 is 0 Å². The van der Waals surface area contributed by atoms with Crippen molar-refractivity contribution < 1.29 is 9.84 Å². The standard InChI is InChI=1S/C10H16N4O2/c1-7-4-14(5-8(6-15)16-7)10-3-12-9(11)2-13-10/h2-3,7-8,15H,4-6H2,1H3,(H2,11,12). The number of hydrogen-bond donors (Lipinski definition) is 2. The van der Waals surface area contributed by atoms with Crippen molar-refractivity contribution in [3.05, 3.63) is 12.4 Å². The fraction of sp³-hybridized carbons (Fsp3) is 0.600. The van der Waals surface area contributed by atoms with E-state index in [2.05, 4.69) is 9.97 Å². The Balaban J connectivity index is 2.11. The van der Waals surface area contributed by atoms with Crippen LogP contribution in [0, 0.1) is 0 Å². The van der Waals surface area contributed by atoms with Crippen molar-refractivity contribution >= 4 is 11.6 Å². The van der Waals surface area contributed by atoms with Crippen molar-refractivity contribution in [3.8, 4) is 0 Å². The van der Waals surface area contributed by atoms with E-state index in [1.807, 2.05) is 11.8 Å². The van der Waals surface area contributed by atoms with Crippen molar-refractivity contribution in [2.45, 2.75) is 19.1 Å². The van der Waals surface area contributed by atoms with Gasteiger partial charge in [-0.3, -0.25) is 0 Å². The second-order valence-corrected chi connectivity index (χ2v) is 3.96. The summed E-state index contributed by atoms with van der Waals surface area (Å²) < 4.78 is 5.55. The molecule has 1 aromatic rings. The molecule has 3 N–H and O–H groups in total. The van der Waals surface area contributed by atoms with Crippen molar-refractivity contribution in [3.63, 3.8) is 0 Å². The van der Waals surface area contributed by atoms with Crippen LogP contribution in [0.4, 0.5) is 11.6 Å². The summed E-state index contributed by atoms with van der Waals surface area (Å²) in [7, 11) is 0. The summed E-state index contributed by atoms with van der Waals surface area (Å²) in [6.45, 7) is 3.36. The SMILES string of the molecule is CC1CN(c2cnc(N)cn2)CC(CO)O1. The Hall–Kier alpha value is -1.40. The number of rotatable bonds is 2. The summed E-state index contributed by atoms with van der Waals surface area (Å²) in [5.41, 5.74) is 5.48. The molecule has 1 aliphatic rings. The Morgan fingerprint density at radius 1 is 1.50 bits per heavy atom. The van der Waals surface area contributed by atoms with E-state index >= 15 is 0 Å². The number of nitrogen functional groups attached to an aromatic ring is 1. The highest BCUT2D eigenvalue weighted by molar-refractivity contribution is 5.40. The summed E-state index contributed by atoms with van der Waals surface area (Å²) in [6.07, 6.45) is 3.08. The summed E-state index contributed by atoms with van der Waals surface area (Å²) in [5, 5.41) is 9.11. The second-order valence-electron chi connectivity index (χ2n) is 3.96. The van der Waals surface area contributed by atoms with Gasteiger partial charge in [0.05, 0.1) is 31.2 Å². The van der Waals surface area contributed by atoms with Gasteiger partial charge in [0.2, 0.25) is 0 Å². The van der Waals surface area contributed by atoms with Gasteiger partial charge in [-0.25, -0.2) is 9.97 Å². The van der Waals surface area contributed by atoms with Crippen LogP contribution in [0.3, 0.4) is 0 Å². The molecule has 1 aliphatic heterocycles. The van der Waals surface area contributed by atoms with Gasteiger partial charge in [0.15, 0.2) is 0 Å². The van der Waals surface area contributed by atoms with Crippen LogP contribution in [-0.4, -0.2) is 47.0 Å². The van der Waals surface area contributed by atoms with Crippen LogP contribution in [0.1, 0.15) is 6.92 Å². The number of ether oxygens (including phenoxy) is 1. The zero-order valence-electron chi connectivity index (χ0n) is 9.21. The molecule has 2 rings (SSSR count). The minimum Gasteiger partial charge on any atom is -0.394 e. The number of hydrogen-bond acceptors (Lipinski definition) is 6. The quantitative estimate of drug-likeness (QED) is 0.714. The molecule has 1 fully saturated rings. The molecule has 0 bridgehead atoms. The first-order valence-corrected chi connectivity index (χ1v) is 5.28. The maximum absolute atomic E-state index is 9.11. The minimum absolute atomic E-state index is 0.0171. The Morgan fingerprint density at radius 2 is 2.31 bits per heavy atom. The number of nitrogens with two attached hydrogens (primary N) is 1. The number of aromatic nitrogens is 2. The van der Waals surface area contributed by atoms with Gasteiger partial charge in [0.25, 0.3) is 0 Å². The predicted octanol–water partition coefficient (Wildman–Crippen LogP) is -0.355. The monoisotopic (exact) mass is 224 g/mol. The van der Waals surface area contributed by atoms with Gasteiger partial charge in [0, 0.05) is 13.1 Å². The van der Waals surface area contributed by atoms with E-state index in [1.54, 1.807) is 6.20 Å². The smallest absolute Gasteiger partial charge is 0.147 e. The lowest BCUT2D eigenvalue weighted by Crippen LogP contribution is -2.48. The third-order valence-electron chi connectivity index (χ3n) is 2.51. The van der Waals surface area contributed by atoms with E-state index < -0.39 is 0 Å². The van der Waals surface area contributed by atoms with E-state index in [0.29, 0.717) is 12.4 Å². The Bertz CT molecular complexity index is 343. The maximum Gasteiger partial charge on any atom is 0.147 e. The third kappa shape index (κ3) is 2.40. The normalized spacial score (nSPS) is 25.8. The first-order chi connectivity index (χ1) is 7.69. The number of morpholine rings is 1. The van der Waals surface area contributed by atoms with E-state index in [9.17, 15) is 0 Å². The molecule has 0 aliphatic carbocycles. The van der Waals surface area contributed by atoms with Crippen LogP contribution in [0.15, 0.2) is 12.4 Å². The Labute approximate surface area is 94.1 Å². The molecular formula is C10H16N4O2. The minimum atomic E-state index is -0.164. The molecule has 2 unspecified atom stereocenters. The molecule has 6 nitrogen and oxygen atoms in total. The second kappa shape index (κ2) is 4.63. The van der Waals surface area contributed by atoms with Gasteiger partial charge in [-0.15, -0.1) is 0 Å². The van der Waals surface area contributed by atoms with Crippen LogP contribution in [0.2, 0.25) is 0 Å². The summed E-state index contributed by atoms with van der Waals surface area (Å²) >= 11 is 0. The van der Waals surface area contributed by atoms with Gasteiger partial charge in [-0.1, -0.05) is 0 Å². The maximum atomic E-state index is 9.11. The molecule has 2 heterocycles. The molecule has 0 radical (unpaired) electrons. The van der Waals surface area contributed by atoms with Crippen molar-refractivity contribution in [1.82, 2.24) is 9.97 Å². The molecule has 0 amide bonds. The highest BCUT2D eigenvalue weighted by Gasteiger charge is 2.25.